The molecule has 0 saturated carbocycles. The van der Waals surface area contributed by atoms with Gasteiger partial charge in [-0.05, 0) is 58.7 Å². The summed E-state index contributed by atoms with van der Waals surface area (Å²) >= 11 is 0. The molecule has 0 fully saturated rings. The van der Waals surface area contributed by atoms with Gasteiger partial charge in [0.25, 0.3) is 0 Å². The van der Waals surface area contributed by atoms with E-state index in [1.165, 1.54) is 0 Å². The first-order chi connectivity index (χ1) is 24.8. The number of nitrogens with zero attached hydrogens (tertiary/aromatic N) is 4. The molecule has 10 rings (SSSR count). The van der Waals surface area contributed by atoms with Crippen LogP contribution in [0.15, 0.2) is 174 Å². The van der Waals surface area contributed by atoms with Gasteiger partial charge in [-0.1, -0.05) is 133 Å². The van der Waals surface area contributed by atoms with Gasteiger partial charge in [0.1, 0.15) is 11.2 Å². The van der Waals surface area contributed by atoms with E-state index in [0.29, 0.717) is 17.6 Å². The lowest BCUT2D eigenvalue weighted by atomic mass is 10.0. The van der Waals surface area contributed by atoms with Crippen LogP contribution in [-0.4, -0.2) is 19.5 Å². The molecule has 0 bridgehead atoms. The third-order valence-electron chi connectivity index (χ3n) is 9.47. The van der Waals surface area contributed by atoms with E-state index in [2.05, 4.69) is 126 Å². The van der Waals surface area contributed by atoms with Gasteiger partial charge >= 0.3 is 0 Å². The maximum absolute atomic E-state index is 6.13. The molecule has 0 atom stereocenters. The highest BCUT2D eigenvalue weighted by Gasteiger charge is 2.19. The Labute approximate surface area is 287 Å². The summed E-state index contributed by atoms with van der Waals surface area (Å²) in [7, 11) is 0. The van der Waals surface area contributed by atoms with Crippen molar-refractivity contribution in [2.75, 3.05) is 0 Å². The summed E-state index contributed by atoms with van der Waals surface area (Å²) in [6.45, 7) is 0. The van der Waals surface area contributed by atoms with Crippen LogP contribution in [-0.2, 0) is 0 Å². The Bertz CT molecular complexity index is 2870. The Balaban J connectivity index is 1.20. The SMILES string of the molecule is c1ccc(-c2cccc(-c3nc(-c4ccccc4)nc(-n4c5ccccc5c5ccc(-c6ccc7oc8ccccc8c7c6)cc54)n3)c2)cc1. The molecule has 0 amide bonds. The molecule has 50 heavy (non-hydrogen) atoms. The van der Waals surface area contributed by atoms with Crippen LogP contribution in [0.4, 0.5) is 0 Å². The zero-order valence-electron chi connectivity index (χ0n) is 26.9. The van der Waals surface area contributed by atoms with E-state index in [9.17, 15) is 0 Å². The maximum atomic E-state index is 6.13. The maximum Gasteiger partial charge on any atom is 0.238 e. The lowest BCUT2D eigenvalue weighted by Crippen LogP contribution is -2.06. The highest BCUT2D eigenvalue weighted by atomic mass is 16.3. The summed E-state index contributed by atoms with van der Waals surface area (Å²) in [5, 5.41) is 4.49. The summed E-state index contributed by atoms with van der Waals surface area (Å²) in [5.41, 5.74) is 10.1. The standard InChI is InChI=1S/C45H28N4O/c1-3-12-29(13-4-1)31-16-11-17-34(26-31)44-46-43(30-14-5-2-6-15-30)47-45(48-44)49-39-20-9-7-18-35(39)36-24-22-33(28-40(36)49)32-23-25-42-38(27-32)37-19-8-10-21-41(37)50-42/h1-28H. The predicted molar refractivity (Wildman–Crippen MR) is 203 cm³/mol. The van der Waals surface area contributed by atoms with Crippen LogP contribution < -0.4 is 0 Å². The van der Waals surface area contributed by atoms with Crippen molar-refractivity contribution in [1.82, 2.24) is 19.5 Å². The summed E-state index contributed by atoms with van der Waals surface area (Å²) < 4.78 is 8.31. The van der Waals surface area contributed by atoms with Crippen LogP contribution in [0.3, 0.4) is 0 Å². The molecule has 0 aliphatic carbocycles. The van der Waals surface area contributed by atoms with Crippen molar-refractivity contribution in [3.8, 4) is 51.0 Å². The summed E-state index contributed by atoms with van der Waals surface area (Å²) in [6.07, 6.45) is 0. The van der Waals surface area contributed by atoms with Crippen molar-refractivity contribution >= 4 is 43.7 Å². The summed E-state index contributed by atoms with van der Waals surface area (Å²) in [5.74, 6) is 1.81. The fraction of sp³-hybridized carbons (Fsp3) is 0. The van der Waals surface area contributed by atoms with E-state index in [1.807, 2.05) is 48.5 Å². The van der Waals surface area contributed by atoms with Crippen molar-refractivity contribution in [3.05, 3.63) is 170 Å². The van der Waals surface area contributed by atoms with Crippen molar-refractivity contribution in [3.63, 3.8) is 0 Å². The molecule has 3 aromatic heterocycles. The predicted octanol–water partition coefficient (Wildman–Crippen LogP) is 11.5. The second kappa shape index (κ2) is 11.4. The molecule has 0 N–H and O–H groups in total. The highest BCUT2D eigenvalue weighted by Crippen LogP contribution is 2.37. The van der Waals surface area contributed by atoms with Gasteiger partial charge in [0.05, 0.1) is 11.0 Å². The van der Waals surface area contributed by atoms with Crippen LogP contribution in [0, 0.1) is 0 Å². The van der Waals surface area contributed by atoms with E-state index in [1.54, 1.807) is 0 Å². The number of benzene rings is 7. The van der Waals surface area contributed by atoms with E-state index >= 15 is 0 Å². The zero-order chi connectivity index (χ0) is 33.0. The third-order valence-corrected chi connectivity index (χ3v) is 9.47. The number of furan rings is 1. The molecule has 7 aromatic carbocycles. The third kappa shape index (κ3) is 4.67. The van der Waals surface area contributed by atoms with Gasteiger partial charge in [0, 0.05) is 32.7 Å². The number of rotatable bonds is 5. The largest absolute Gasteiger partial charge is 0.456 e. The summed E-state index contributed by atoms with van der Waals surface area (Å²) in [6, 6.07) is 58.7. The number of para-hydroxylation sites is 2. The number of hydrogen-bond acceptors (Lipinski definition) is 4. The van der Waals surface area contributed by atoms with Gasteiger partial charge in [-0.15, -0.1) is 0 Å². The Morgan fingerprint density at radius 2 is 0.920 bits per heavy atom. The zero-order valence-corrected chi connectivity index (χ0v) is 26.9. The first-order valence-corrected chi connectivity index (χ1v) is 16.7. The average molecular weight is 641 g/mol. The fourth-order valence-corrected chi connectivity index (χ4v) is 7.05. The molecule has 10 aromatic rings. The molecule has 5 heteroatoms. The van der Waals surface area contributed by atoms with Gasteiger partial charge in [-0.2, -0.15) is 9.97 Å². The van der Waals surface area contributed by atoms with Gasteiger partial charge in [-0.3, -0.25) is 4.57 Å². The Morgan fingerprint density at radius 3 is 1.76 bits per heavy atom. The Morgan fingerprint density at radius 1 is 0.340 bits per heavy atom. The van der Waals surface area contributed by atoms with E-state index in [-0.39, 0.29) is 0 Å². The molecular formula is C45H28N4O. The highest BCUT2D eigenvalue weighted by molar-refractivity contribution is 6.11. The van der Waals surface area contributed by atoms with E-state index in [0.717, 1.165) is 77.1 Å². The molecule has 0 saturated heterocycles. The minimum absolute atomic E-state index is 0.568. The molecular weight excluding hydrogens is 613 g/mol. The molecule has 0 unspecified atom stereocenters. The Kier molecular flexibility index (Phi) is 6.42. The molecule has 0 aliphatic rings. The quantitative estimate of drug-likeness (QED) is 0.188. The van der Waals surface area contributed by atoms with E-state index in [4.69, 9.17) is 19.4 Å². The van der Waals surface area contributed by atoms with Crippen LogP contribution >= 0.6 is 0 Å². The molecule has 3 heterocycles. The second-order valence-corrected chi connectivity index (χ2v) is 12.5. The number of hydrogen-bond donors (Lipinski definition) is 0. The minimum atomic E-state index is 0.568. The van der Waals surface area contributed by atoms with Crippen LogP contribution in [0.1, 0.15) is 0 Å². The lowest BCUT2D eigenvalue weighted by molar-refractivity contribution is 0.669. The second-order valence-electron chi connectivity index (χ2n) is 12.5. The van der Waals surface area contributed by atoms with Gasteiger partial charge in [0.15, 0.2) is 11.6 Å². The smallest absolute Gasteiger partial charge is 0.238 e. The first-order valence-electron chi connectivity index (χ1n) is 16.7. The van der Waals surface area contributed by atoms with Crippen molar-refractivity contribution in [2.45, 2.75) is 0 Å². The van der Waals surface area contributed by atoms with Gasteiger partial charge in [-0.25, -0.2) is 4.98 Å². The first kappa shape index (κ1) is 28.2. The molecule has 0 aliphatic heterocycles. The van der Waals surface area contributed by atoms with Crippen molar-refractivity contribution in [2.24, 2.45) is 0 Å². The van der Waals surface area contributed by atoms with Crippen molar-refractivity contribution in [1.29, 1.82) is 0 Å². The van der Waals surface area contributed by atoms with Crippen LogP contribution in [0.2, 0.25) is 0 Å². The summed E-state index contributed by atoms with van der Waals surface area (Å²) in [4.78, 5) is 15.4. The minimum Gasteiger partial charge on any atom is -0.456 e. The topological polar surface area (TPSA) is 56.7 Å². The van der Waals surface area contributed by atoms with Gasteiger partial charge < -0.3 is 4.42 Å². The normalized spacial score (nSPS) is 11.6. The molecule has 5 nitrogen and oxygen atoms in total. The number of aromatic nitrogens is 4. The van der Waals surface area contributed by atoms with Gasteiger partial charge in [0.2, 0.25) is 5.95 Å². The average Bonchev–Trinajstić information content (AvgIpc) is 3.73. The fourth-order valence-electron chi connectivity index (χ4n) is 7.05. The molecule has 234 valence electrons. The van der Waals surface area contributed by atoms with Crippen LogP contribution in [0.25, 0.3) is 94.7 Å². The lowest BCUT2D eigenvalue weighted by Gasteiger charge is -2.12. The number of fused-ring (bicyclic) bond motifs is 6. The molecule has 0 radical (unpaired) electrons. The van der Waals surface area contributed by atoms with Crippen LogP contribution in [0.5, 0.6) is 0 Å². The Hall–Kier alpha value is -6.85. The molecule has 0 spiro atoms. The van der Waals surface area contributed by atoms with E-state index < -0.39 is 0 Å². The monoisotopic (exact) mass is 640 g/mol. The van der Waals surface area contributed by atoms with Crippen molar-refractivity contribution < 1.29 is 4.42 Å².